The van der Waals surface area contributed by atoms with E-state index in [1.165, 1.54) is 7.11 Å². The van der Waals surface area contributed by atoms with Crippen LogP contribution in [0.3, 0.4) is 0 Å². The van der Waals surface area contributed by atoms with E-state index in [1.54, 1.807) is 67.6 Å². The molecular formula is C22H23NO7. The molecule has 8 nitrogen and oxygen atoms in total. The molecule has 4 atom stereocenters. The maximum absolute atomic E-state index is 12.6. The number of amides is 1. The molecule has 1 amide bonds. The van der Waals surface area contributed by atoms with E-state index < -0.39 is 42.4 Å². The molecule has 2 aromatic rings. The van der Waals surface area contributed by atoms with E-state index in [0.29, 0.717) is 17.7 Å². The summed E-state index contributed by atoms with van der Waals surface area (Å²) in [6, 6.07) is 16.6. The topological polar surface area (TPSA) is 100 Å². The Bertz CT molecular complexity index is 872. The van der Waals surface area contributed by atoms with Crippen molar-refractivity contribution in [2.75, 3.05) is 13.7 Å². The van der Waals surface area contributed by atoms with Gasteiger partial charge in [0, 0.05) is 13.7 Å². The number of methoxy groups -OCH3 is 1. The van der Waals surface area contributed by atoms with E-state index in [2.05, 4.69) is 5.32 Å². The van der Waals surface area contributed by atoms with Gasteiger partial charge in [0.05, 0.1) is 11.1 Å². The monoisotopic (exact) mass is 413 g/mol. The Labute approximate surface area is 174 Å². The number of hydrogen-bond acceptors (Lipinski definition) is 7. The molecule has 3 rings (SSSR count). The summed E-state index contributed by atoms with van der Waals surface area (Å²) in [5.74, 6) is -1.82. The fourth-order valence-corrected chi connectivity index (χ4v) is 3.09. The number of rotatable bonds is 7. The molecule has 2 aromatic carbocycles. The van der Waals surface area contributed by atoms with Gasteiger partial charge in [0.25, 0.3) is 5.91 Å². The number of nitrogens with one attached hydrogen (secondary N) is 1. The number of esters is 2. The van der Waals surface area contributed by atoms with Crippen molar-refractivity contribution < 1.29 is 33.3 Å². The second kappa shape index (κ2) is 10.00. The summed E-state index contributed by atoms with van der Waals surface area (Å²) in [5, 5.41) is 2.63. The second-order valence-corrected chi connectivity index (χ2v) is 6.53. The number of carbonyl (C=O) groups is 3. The summed E-state index contributed by atoms with van der Waals surface area (Å²) in [4.78, 5) is 37.7. The quantitative estimate of drug-likeness (QED) is 0.693. The van der Waals surface area contributed by atoms with Gasteiger partial charge in [-0.1, -0.05) is 36.4 Å². The number of ether oxygens (including phenoxy) is 4. The van der Waals surface area contributed by atoms with Gasteiger partial charge in [0.2, 0.25) is 0 Å². The zero-order valence-electron chi connectivity index (χ0n) is 16.6. The SMILES string of the molecule is CCNC(=O)[C@H]1OC(OC)[C@H](OC(=O)c2ccccc2)[C@@H]1OC(=O)c1ccccc1. The molecule has 0 bridgehead atoms. The van der Waals surface area contributed by atoms with Crippen LogP contribution in [0.5, 0.6) is 0 Å². The predicted octanol–water partition coefficient (Wildman–Crippen LogP) is 1.94. The second-order valence-electron chi connectivity index (χ2n) is 6.53. The van der Waals surface area contributed by atoms with Crippen molar-refractivity contribution >= 4 is 17.8 Å². The molecule has 1 unspecified atom stereocenters. The molecule has 1 aliphatic heterocycles. The lowest BCUT2D eigenvalue weighted by Crippen LogP contribution is -2.46. The molecule has 0 aliphatic carbocycles. The molecule has 0 radical (unpaired) electrons. The molecule has 158 valence electrons. The highest BCUT2D eigenvalue weighted by Crippen LogP contribution is 2.29. The first-order valence-corrected chi connectivity index (χ1v) is 9.53. The van der Waals surface area contributed by atoms with Crippen molar-refractivity contribution in [3.63, 3.8) is 0 Å². The first-order valence-electron chi connectivity index (χ1n) is 9.53. The Morgan fingerprint density at radius 3 is 1.83 bits per heavy atom. The summed E-state index contributed by atoms with van der Waals surface area (Å²) < 4.78 is 22.0. The summed E-state index contributed by atoms with van der Waals surface area (Å²) in [5.41, 5.74) is 0.600. The van der Waals surface area contributed by atoms with Gasteiger partial charge in [-0.25, -0.2) is 9.59 Å². The van der Waals surface area contributed by atoms with Gasteiger partial charge in [-0.15, -0.1) is 0 Å². The van der Waals surface area contributed by atoms with Crippen molar-refractivity contribution in [3.8, 4) is 0 Å². The Kier molecular flexibility index (Phi) is 7.16. The molecule has 0 spiro atoms. The van der Waals surface area contributed by atoms with Crippen LogP contribution in [0.4, 0.5) is 0 Å². The molecule has 1 heterocycles. The van der Waals surface area contributed by atoms with Gasteiger partial charge in [0.1, 0.15) is 0 Å². The van der Waals surface area contributed by atoms with Crippen LogP contribution >= 0.6 is 0 Å². The minimum Gasteiger partial charge on any atom is -0.451 e. The fraction of sp³-hybridized carbons (Fsp3) is 0.318. The lowest BCUT2D eigenvalue weighted by atomic mass is 10.1. The first-order chi connectivity index (χ1) is 14.5. The maximum Gasteiger partial charge on any atom is 0.338 e. The van der Waals surface area contributed by atoms with Crippen LogP contribution in [-0.2, 0) is 23.7 Å². The minimum absolute atomic E-state index is 0.293. The predicted molar refractivity (Wildman–Crippen MR) is 106 cm³/mol. The molecule has 1 N–H and O–H groups in total. The van der Waals surface area contributed by atoms with Gasteiger partial charge in [-0.2, -0.15) is 0 Å². The maximum atomic E-state index is 12.6. The lowest BCUT2D eigenvalue weighted by molar-refractivity contribution is -0.161. The molecular weight excluding hydrogens is 390 g/mol. The minimum atomic E-state index is -1.20. The highest BCUT2D eigenvalue weighted by atomic mass is 16.7. The average molecular weight is 413 g/mol. The largest absolute Gasteiger partial charge is 0.451 e. The normalized spacial score (nSPS) is 22.9. The summed E-state index contributed by atoms with van der Waals surface area (Å²) in [6.07, 6.45) is -4.61. The van der Waals surface area contributed by atoms with Crippen molar-refractivity contribution in [2.45, 2.75) is 31.5 Å². The standard InChI is InChI=1S/C22H23NO7/c1-3-23-19(24)17-16(28-20(25)14-10-6-4-7-11-14)18(22(27-2)30-17)29-21(26)15-12-8-5-9-13-15/h4-13,16-18,22H,3H2,1-2H3,(H,23,24)/t16-,17+,18-,22?/m1/s1. The Morgan fingerprint density at radius 1 is 0.867 bits per heavy atom. The van der Waals surface area contributed by atoms with E-state index in [4.69, 9.17) is 18.9 Å². The first kappa shape index (κ1) is 21.5. The van der Waals surface area contributed by atoms with E-state index >= 15 is 0 Å². The molecule has 1 saturated heterocycles. The number of hydrogen-bond donors (Lipinski definition) is 1. The highest BCUT2D eigenvalue weighted by Gasteiger charge is 2.53. The summed E-state index contributed by atoms with van der Waals surface area (Å²) >= 11 is 0. The van der Waals surface area contributed by atoms with Crippen LogP contribution in [0.15, 0.2) is 60.7 Å². The summed E-state index contributed by atoms with van der Waals surface area (Å²) in [6.45, 7) is 2.10. The third-order valence-corrected chi connectivity index (χ3v) is 4.52. The number of carbonyl (C=O) groups excluding carboxylic acids is 3. The van der Waals surface area contributed by atoms with Crippen LogP contribution in [0.25, 0.3) is 0 Å². The van der Waals surface area contributed by atoms with Gasteiger partial charge >= 0.3 is 11.9 Å². The Balaban J connectivity index is 1.86. The number of likely N-dealkylation sites (N-methyl/N-ethyl adjacent to an activating group) is 1. The zero-order valence-corrected chi connectivity index (χ0v) is 16.6. The van der Waals surface area contributed by atoms with Crippen molar-refractivity contribution in [1.29, 1.82) is 0 Å². The van der Waals surface area contributed by atoms with Crippen molar-refractivity contribution in [1.82, 2.24) is 5.32 Å². The summed E-state index contributed by atoms with van der Waals surface area (Å²) in [7, 11) is 1.35. The third kappa shape index (κ3) is 4.84. The molecule has 0 saturated carbocycles. The fourth-order valence-electron chi connectivity index (χ4n) is 3.09. The van der Waals surface area contributed by atoms with Crippen LogP contribution in [0.2, 0.25) is 0 Å². The van der Waals surface area contributed by atoms with Gasteiger partial charge < -0.3 is 24.3 Å². The highest BCUT2D eigenvalue weighted by molar-refractivity contribution is 5.91. The molecule has 1 aliphatic rings. The van der Waals surface area contributed by atoms with Gasteiger partial charge in [-0.05, 0) is 31.2 Å². The van der Waals surface area contributed by atoms with E-state index in [0.717, 1.165) is 0 Å². The molecule has 30 heavy (non-hydrogen) atoms. The van der Waals surface area contributed by atoms with E-state index in [1.807, 2.05) is 0 Å². The van der Waals surface area contributed by atoms with Crippen molar-refractivity contribution in [3.05, 3.63) is 71.8 Å². The molecule has 8 heteroatoms. The zero-order chi connectivity index (χ0) is 21.5. The van der Waals surface area contributed by atoms with Crippen LogP contribution in [0.1, 0.15) is 27.6 Å². The van der Waals surface area contributed by atoms with Crippen LogP contribution in [0, 0.1) is 0 Å². The number of benzene rings is 2. The third-order valence-electron chi connectivity index (χ3n) is 4.52. The Morgan fingerprint density at radius 2 is 1.37 bits per heavy atom. The van der Waals surface area contributed by atoms with E-state index in [9.17, 15) is 14.4 Å². The van der Waals surface area contributed by atoms with Crippen molar-refractivity contribution in [2.24, 2.45) is 0 Å². The average Bonchev–Trinajstić information content (AvgIpc) is 3.12. The van der Waals surface area contributed by atoms with E-state index in [-0.39, 0.29) is 0 Å². The molecule has 1 fully saturated rings. The van der Waals surface area contributed by atoms with Crippen LogP contribution in [-0.4, -0.2) is 56.1 Å². The molecule has 0 aromatic heterocycles. The van der Waals surface area contributed by atoms with Crippen LogP contribution < -0.4 is 5.32 Å². The smallest absolute Gasteiger partial charge is 0.338 e. The van der Waals surface area contributed by atoms with Gasteiger partial charge in [0.15, 0.2) is 24.6 Å². The lowest BCUT2D eigenvalue weighted by Gasteiger charge is -2.23. The Hall–Kier alpha value is -3.23. The van der Waals surface area contributed by atoms with Gasteiger partial charge in [-0.3, -0.25) is 4.79 Å².